The van der Waals surface area contributed by atoms with Crippen LogP contribution in [0, 0.1) is 11.6 Å². The molecule has 1 saturated heterocycles. The maximum atomic E-state index is 14.0. The minimum atomic E-state index is -0.821. The van der Waals surface area contributed by atoms with E-state index in [2.05, 4.69) is 4.90 Å². The van der Waals surface area contributed by atoms with E-state index in [0.29, 0.717) is 36.4 Å². The molecule has 0 saturated carbocycles. The summed E-state index contributed by atoms with van der Waals surface area (Å²) in [5.74, 6) is -2.03. The number of unbranched alkanes of at least 4 members (excludes halogenated alkanes) is 1. The maximum Gasteiger partial charge on any atom is 0.261 e. The van der Waals surface area contributed by atoms with Crippen molar-refractivity contribution in [3.8, 4) is 0 Å². The number of rotatable bonds is 6. The standard InChI is InChI=1S/C22H23F2N3O2/c23-18-8-5-9-19(20(18)24)26-14-12-25(13-15-26)10-3-4-11-27-21(28)16-6-1-2-7-17(16)22(27)29/h1-2,5-9H,3-4,10-15H2. The van der Waals surface area contributed by atoms with Gasteiger partial charge in [-0.15, -0.1) is 0 Å². The van der Waals surface area contributed by atoms with Crippen molar-refractivity contribution in [3.05, 3.63) is 65.2 Å². The lowest BCUT2D eigenvalue weighted by atomic mass is 10.1. The summed E-state index contributed by atoms with van der Waals surface area (Å²) in [6.45, 7) is 4.08. The second-order valence-corrected chi connectivity index (χ2v) is 7.42. The maximum absolute atomic E-state index is 14.0. The molecule has 2 aromatic carbocycles. The van der Waals surface area contributed by atoms with E-state index in [1.165, 1.54) is 11.0 Å². The van der Waals surface area contributed by atoms with E-state index in [1.54, 1.807) is 30.3 Å². The number of imide groups is 1. The quantitative estimate of drug-likeness (QED) is 0.553. The third-order valence-corrected chi connectivity index (χ3v) is 5.63. The topological polar surface area (TPSA) is 43.9 Å². The Labute approximate surface area is 168 Å². The summed E-state index contributed by atoms with van der Waals surface area (Å²) in [6, 6.07) is 11.2. The lowest BCUT2D eigenvalue weighted by Gasteiger charge is -2.36. The molecule has 0 unspecified atom stereocenters. The van der Waals surface area contributed by atoms with Crippen LogP contribution in [-0.4, -0.2) is 60.9 Å². The number of fused-ring (bicyclic) bond motifs is 1. The van der Waals surface area contributed by atoms with Crippen LogP contribution in [0.2, 0.25) is 0 Å². The molecular formula is C22H23F2N3O2. The number of anilines is 1. The monoisotopic (exact) mass is 399 g/mol. The molecule has 0 N–H and O–H groups in total. The van der Waals surface area contributed by atoms with Crippen molar-refractivity contribution in [1.82, 2.24) is 9.80 Å². The first-order valence-corrected chi connectivity index (χ1v) is 9.93. The summed E-state index contributed by atoms with van der Waals surface area (Å²) in [7, 11) is 0. The summed E-state index contributed by atoms with van der Waals surface area (Å²) in [4.78, 5) is 30.2. The number of nitrogens with zero attached hydrogens (tertiary/aromatic N) is 3. The van der Waals surface area contributed by atoms with Crippen LogP contribution in [-0.2, 0) is 0 Å². The van der Waals surface area contributed by atoms with E-state index in [1.807, 2.05) is 4.90 Å². The molecule has 0 atom stereocenters. The fourth-order valence-corrected chi connectivity index (χ4v) is 4.00. The number of benzene rings is 2. The van der Waals surface area contributed by atoms with Crippen LogP contribution in [0.1, 0.15) is 33.6 Å². The van der Waals surface area contributed by atoms with Gasteiger partial charge in [0, 0.05) is 32.7 Å². The van der Waals surface area contributed by atoms with Gasteiger partial charge in [-0.1, -0.05) is 18.2 Å². The van der Waals surface area contributed by atoms with Crippen LogP contribution in [0.5, 0.6) is 0 Å². The first-order chi connectivity index (χ1) is 14.1. The number of halogens is 2. The van der Waals surface area contributed by atoms with Crippen LogP contribution in [0.3, 0.4) is 0 Å². The smallest absolute Gasteiger partial charge is 0.261 e. The Morgan fingerprint density at radius 3 is 2.03 bits per heavy atom. The van der Waals surface area contributed by atoms with Gasteiger partial charge in [-0.05, 0) is 43.7 Å². The van der Waals surface area contributed by atoms with Gasteiger partial charge < -0.3 is 4.90 Å². The van der Waals surface area contributed by atoms with Gasteiger partial charge in [0.15, 0.2) is 11.6 Å². The molecule has 0 spiro atoms. The number of carbonyl (C=O) groups excluding carboxylic acids is 2. The van der Waals surface area contributed by atoms with Gasteiger partial charge in [0.25, 0.3) is 11.8 Å². The number of piperazine rings is 1. The highest BCUT2D eigenvalue weighted by molar-refractivity contribution is 6.21. The zero-order valence-corrected chi connectivity index (χ0v) is 16.1. The number of hydrogen-bond donors (Lipinski definition) is 0. The molecule has 0 aromatic heterocycles. The molecule has 2 aliphatic rings. The fraction of sp³-hybridized carbons (Fsp3) is 0.364. The highest BCUT2D eigenvalue weighted by Gasteiger charge is 2.34. The first-order valence-electron chi connectivity index (χ1n) is 9.93. The summed E-state index contributed by atoms with van der Waals surface area (Å²) < 4.78 is 27.4. The van der Waals surface area contributed by atoms with Crippen molar-refractivity contribution < 1.29 is 18.4 Å². The molecule has 29 heavy (non-hydrogen) atoms. The Morgan fingerprint density at radius 1 is 0.759 bits per heavy atom. The third kappa shape index (κ3) is 3.87. The SMILES string of the molecule is O=C1c2ccccc2C(=O)N1CCCCN1CCN(c2cccc(F)c2F)CC1. The Bertz CT molecular complexity index is 891. The van der Waals surface area contributed by atoms with E-state index in [4.69, 9.17) is 0 Å². The van der Waals surface area contributed by atoms with Gasteiger partial charge in [0.1, 0.15) is 0 Å². The normalized spacial score (nSPS) is 17.2. The number of hydrogen-bond acceptors (Lipinski definition) is 4. The Hall–Kier alpha value is -2.80. The highest BCUT2D eigenvalue weighted by Crippen LogP contribution is 2.24. The highest BCUT2D eigenvalue weighted by atomic mass is 19.2. The van der Waals surface area contributed by atoms with E-state index in [-0.39, 0.29) is 11.8 Å². The van der Waals surface area contributed by atoms with Crippen molar-refractivity contribution in [3.63, 3.8) is 0 Å². The average Bonchev–Trinajstić information content (AvgIpc) is 2.99. The molecule has 0 radical (unpaired) electrons. The van der Waals surface area contributed by atoms with Gasteiger partial charge in [-0.25, -0.2) is 8.78 Å². The molecule has 7 heteroatoms. The zero-order valence-electron chi connectivity index (χ0n) is 16.1. The lowest BCUT2D eigenvalue weighted by Crippen LogP contribution is -2.47. The second kappa shape index (κ2) is 8.29. The van der Waals surface area contributed by atoms with E-state index >= 15 is 0 Å². The molecule has 2 heterocycles. The average molecular weight is 399 g/mol. The van der Waals surface area contributed by atoms with Crippen LogP contribution in [0.4, 0.5) is 14.5 Å². The predicted molar refractivity (Wildman–Crippen MR) is 106 cm³/mol. The fourth-order valence-electron chi connectivity index (χ4n) is 4.00. The second-order valence-electron chi connectivity index (χ2n) is 7.42. The van der Waals surface area contributed by atoms with Crippen molar-refractivity contribution in [2.45, 2.75) is 12.8 Å². The Balaban J connectivity index is 1.22. The lowest BCUT2D eigenvalue weighted by molar-refractivity contribution is 0.0650. The molecular weight excluding hydrogens is 376 g/mol. The molecule has 1 fully saturated rings. The predicted octanol–water partition coefficient (Wildman–Crippen LogP) is 3.16. The van der Waals surface area contributed by atoms with Crippen molar-refractivity contribution in [2.75, 3.05) is 44.2 Å². The van der Waals surface area contributed by atoms with Gasteiger partial charge in [-0.2, -0.15) is 0 Å². The van der Waals surface area contributed by atoms with Gasteiger partial charge >= 0.3 is 0 Å². The van der Waals surface area contributed by atoms with Crippen molar-refractivity contribution in [1.29, 1.82) is 0 Å². The van der Waals surface area contributed by atoms with Crippen molar-refractivity contribution in [2.24, 2.45) is 0 Å². The Kier molecular flexibility index (Phi) is 5.58. The van der Waals surface area contributed by atoms with Crippen LogP contribution in [0.25, 0.3) is 0 Å². The largest absolute Gasteiger partial charge is 0.367 e. The van der Waals surface area contributed by atoms with Crippen LogP contribution < -0.4 is 4.90 Å². The van der Waals surface area contributed by atoms with Crippen molar-refractivity contribution >= 4 is 17.5 Å². The molecule has 0 aliphatic carbocycles. The Morgan fingerprint density at radius 2 is 1.38 bits per heavy atom. The third-order valence-electron chi connectivity index (χ3n) is 5.63. The summed E-state index contributed by atoms with van der Waals surface area (Å²) in [5, 5.41) is 0. The van der Waals surface area contributed by atoms with Crippen LogP contribution in [0.15, 0.2) is 42.5 Å². The van der Waals surface area contributed by atoms with E-state index < -0.39 is 11.6 Å². The molecule has 0 bridgehead atoms. The molecule has 2 aliphatic heterocycles. The summed E-state index contributed by atoms with van der Waals surface area (Å²) in [6.07, 6.45) is 1.60. The molecule has 2 amide bonds. The van der Waals surface area contributed by atoms with Gasteiger partial charge in [0.2, 0.25) is 0 Å². The molecule has 4 rings (SSSR count). The van der Waals surface area contributed by atoms with Crippen LogP contribution >= 0.6 is 0 Å². The summed E-state index contributed by atoms with van der Waals surface area (Å²) in [5.41, 5.74) is 1.28. The first kappa shape index (κ1) is 19.5. The molecule has 5 nitrogen and oxygen atoms in total. The zero-order chi connectivity index (χ0) is 20.4. The number of carbonyl (C=O) groups is 2. The molecule has 2 aromatic rings. The summed E-state index contributed by atoms with van der Waals surface area (Å²) >= 11 is 0. The van der Waals surface area contributed by atoms with E-state index in [0.717, 1.165) is 38.5 Å². The minimum Gasteiger partial charge on any atom is -0.367 e. The molecule has 152 valence electrons. The minimum absolute atomic E-state index is 0.212. The van der Waals surface area contributed by atoms with Gasteiger partial charge in [0.05, 0.1) is 16.8 Å². The van der Waals surface area contributed by atoms with Gasteiger partial charge in [-0.3, -0.25) is 19.4 Å². The number of amides is 2. The van der Waals surface area contributed by atoms with E-state index in [9.17, 15) is 18.4 Å².